The van der Waals surface area contributed by atoms with Crippen molar-refractivity contribution in [2.75, 3.05) is 5.75 Å². The van der Waals surface area contributed by atoms with E-state index in [2.05, 4.69) is 11.1 Å². The maximum atomic E-state index is 12.9. The number of benzene rings is 2. The Labute approximate surface area is 142 Å². The lowest BCUT2D eigenvalue weighted by Crippen LogP contribution is -2.22. The fraction of sp³-hybridized carbons (Fsp3) is 0.118. The molecule has 0 fully saturated rings. The summed E-state index contributed by atoms with van der Waals surface area (Å²) in [5.74, 6) is 0.561. The van der Waals surface area contributed by atoms with E-state index in [1.807, 2.05) is 30.3 Å². The average molecular weight is 342 g/mol. The van der Waals surface area contributed by atoms with Gasteiger partial charge in [-0.3, -0.25) is 9.36 Å². The van der Waals surface area contributed by atoms with E-state index in [1.165, 1.54) is 16.3 Å². The second-order valence-corrected chi connectivity index (χ2v) is 6.23. The first-order chi connectivity index (χ1) is 11.2. The summed E-state index contributed by atoms with van der Waals surface area (Å²) < 4.78 is 1.52. The van der Waals surface area contributed by atoms with Crippen LogP contribution in [0.3, 0.4) is 0 Å². The van der Waals surface area contributed by atoms with Gasteiger partial charge in [-0.1, -0.05) is 47.6 Å². The minimum absolute atomic E-state index is 0.164. The van der Waals surface area contributed by atoms with Crippen LogP contribution in [0.5, 0.6) is 0 Å². The van der Waals surface area contributed by atoms with Crippen LogP contribution in [0, 0.1) is 11.3 Å². The highest BCUT2D eigenvalue weighted by atomic mass is 35.5. The molecule has 1 heterocycles. The maximum Gasteiger partial charge on any atom is 0.266 e. The van der Waals surface area contributed by atoms with Crippen molar-refractivity contribution >= 4 is 34.3 Å². The van der Waals surface area contributed by atoms with Crippen molar-refractivity contribution in [3.05, 3.63) is 63.9 Å². The minimum atomic E-state index is -0.164. The molecule has 0 unspecified atom stereocenters. The molecule has 0 radical (unpaired) electrons. The van der Waals surface area contributed by atoms with Gasteiger partial charge in [-0.05, 0) is 24.3 Å². The molecule has 4 nitrogen and oxygen atoms in total. The second kappa shape index (κ2) is 6.86. The van der Waals surface area contributed by atoms with Crippen LogP contribution >= 0.6 is 23.4 Å². The molecule has 0 saturated carbocycles. The first-order valence-electron chi connectivity index (χ1n) is 6.99. The van der Waals surface area contributed by atoms with Gasteiger partial charge in [0.25, 0.3) is 5.56 Å². The standard InChI is InChI=1S/C17H12ClN3OS/c18-13-7-2-4-9-15(13)21-16(22)12-6-1-3-8-14(12)20-17(21)23-11-5-10-19/h1-4,6-9H,5,11H2. The number of fused-ring (bicyclic) bond motifs is 1. The predicted octanol–water partition coefficient (Wildman–Crippen LogP) is 4.04. The van der Waals surface area contributed by atoms with Crippen LogP contribution in [0.2, 0.25) is 5.02 Å². The number of hydrogen-bond acceptors (Lipinski definition) is 4. The molecule has 0 amide bonds. The van der Waals surface area contributed by atoms with Gasteiger partial charge in [-0.2, -0.15) is 5.26 Å². The van der Waals surface area contributed by atoms with E-state index in [1.54, 1.807) is 18.2 Å². The molecule has 0 saturated heterocycles. The Morgan fingerprint density at radius 2 is 1.91 bits per heavy atom. The van der Waals surface area contributed by atoms with Crippen LogP contribution in [-0.4, -0.2) is 15.3 Å². The molecule has 114 valence electrons. The molecule has 0 aliphatic heterocycles. The molecule has 6 heteroatoms. The van der Waals surface area contributed by atoms with Crippen molar-refractivity contribution in [3.8, 4) is 11.8 Å². The van der Waals surface area contributed by atoms with Gasteiger partial charge < -0.3 is 0 Å². The van der Waals surface area contributed by atoms with E-state index in [0.29, 0.717) is 38.9 Å². The Kier molecular flexibility index (Phi) is 4.65. The molecule has 0 atom stereocenters. The van der Waals surface area contributed by atoms with Crippen LogP contribution in [0.4, 0.5) is 0 Å². The van der Waals surface area contributed by atoms with Gasteiger partial charge in [-0.15, -0.1) is 0 Å². The topological polar surface area (TPSA) is 58.7 Å². The van der Waals surface area contributed by atoms with Crippen LogP contribution in [0.25, 0.3) is 16.6 Å². The van der Waals surface area contributed by atoms with Gasteiger partial charge in [0, 0.05) is 12.2 Å². The maximum absolute atomic E-state index is 12.9. The summed E-state index contributed by atoms with van der Waals surface area (Å²) in [6.45, 7) is 0. The minimum Gasteiger partial charge on any atom is -0.268 e. The molecular weight excluding hydrogens is 330 g/mol. The summed E-state index contributed by atoms with van der Waals surface area (Å²) >= 11 is 7.64. The largest absolute Gasteiger partial charge is 0.268 e. The third-order valence-electron chi connectivity index (χ3n) is 3.28. The summed E-state index contributed by atoms with van der Waals surface area (Å²) in [7, 11) is 0. The number of halogens is 1. The van der Waals surface area contributed by atoms with Crippen molar-refractivity contribution in [1.82, 2.24) is 9.55 Å². The molecule has 3 aromatic rings. The van der Waals surface area contributed by atoms with E-state index in [0.717, 1.165) is 0 Å². The Balaban J connectivity index is 2.27. The lowest BCUT2D eigenvalue weighted by atomic mass is 10.2. The Morgan fingerprint density at radius 3 is 2.70 bits per heavy atom. The van der Waals surface area contributed by atoms with Crippen LogP contribution in [0.15, 0.2) is 58.5 Å². The number of nitriles is 1. The van der Waals surface area contributed by atoms with Crippen molar-refractivity contribution in [3.63, 3.8) is 0 Å². The van der Waals surface area contributed by atoms with E-state index in [-0.39, 0.29) is 5.56 Å². The number of hydrogen-bond donors (Lipinski definition) is 0. The molecule has 1 aromatic heterocycles. The van der Waals surface area contributed by atoms with E-state index < -0.39 is 0 Å². The van der Waals surface area contributed by atoms with Crippen molar-refractivity contribution in [1.29, 1.82) is 5.26 Å². The van der Waals surface area contributed by atoms with Gasteiger partial charge in [-0.25, -0.2) is 4.98 Å². The Morgan fingerprint density at radius 1 is 1.17 bits per heavy atom. The average Bonchev–Trinajstić information content (AvgIpc) is 2.57. The highest BCUT2D eigenvalue weighted by Crippen LogP contribution is 2.25. The SMILES string of the molecule is N#CCCSc1nc2ccccc2c(=O)n1-c1ccccc1Cl. The summed E-state index contributed by atoms with van der Waals surface area (Å²) in [6, 6.07) is 16.5. The van der Waals surface area contributed by atoms with Crippen molar-refractivity contribution < 1.29 is 0 Å². The van der Waals surface area contributed by atoms with Gasteiger partial charge in [0.1, 0.15) is 0 Å². The Bertz CT molecular complexity index is 962. The van der Waals surface area contributed by atoms with E-state index in [4.69, 9.17) is 16.9 Å². The Hall–Kier alpha value is -2.29. The zero-order valence-electron chi connectivity index (χ0n) is 12.1. The summed E-state index contributed by atoms with van der Waals surface area (Å²) in [5.41, 5.74) is 1.07. The highest BCUT2D eigenvalue weighted by molar-refractivity contribution is 7.99. The molecule has 0 aliphatic carbocycles. The molecule has 0 N–H and O–H groups in total. The summed E-state index contributed by atoms with van der Waals surface area (Å²) in [5, 5.41) is 10.3. The molecule has 0 bridgehead atoms. The zero-order chi connectivity index (χ0) is 16.2. The molecule has 0 aliphatic rings. The fourth-order valence-corrected chi connectivity index (χ4v) is 3.31. The van der Waals surface area contributed by atoms with Gasteiger partial charge in [0.05, 0.1) is 27.7 Å². The quantitative estimate of drug-likeness (QED) is 0.408. The lowest BCUT2D eigenvalue weighted by molar-refractivity contribution is 0.820. The third kappa shape index (κ3) is 3.09. The van der Waals surface area contributed by atoms with Crippen molar-refractivity contribution in [2.24, 2.45) is 0 Å². The first-order valence-corrected chi connectivity index (χ1v) is 8.35. The van der Waals surface area contributed by atoms with E-state index in [9.17, 15) is 4.79 Å². The number of rotatable bonds is 4. The van der Waals surface area contributed by atoms with Gasteiger partial charge in [0.15, 0.2) is 5.16 Å². The number of para-hydroxylation sites is 2. The first kappa shape index (κ1) is 15.6. The van der Waals surface area contributed by atoms with Crippen molar-refractivity contribution in [2.45, 2.75) is 11.6 Å². The fourth-order valence-electron chi connectivity index (χ4n) is 2.24. The molecule has 3 rings (SSSR count). The molecule has 0 spiro atoms. The number of aromatic nitrogens is 2. The molecule has 2 aromatic carbocycles. The third-order valence-corrected chi connectivity index (χ3v) is 4.54. The number of nitrogens with zero attached hydrogens (tertiary/aromatic N) is 3. The second-order valence-electron chi connectivity index (χ2n) is 4.76. The summed E-state index contributed by atoms with van der Waals surface area (Å²) in [4.78, 5) is 17.5. The highest BCUT2D eigenvalue weighted by Gasteiger charge is 2.14. The number of thioether (sulfide) groups is 1. The van der Waals surface area contributed by atoms with Crippen LogP contribution in [-0.2, 0) is 0 Å². The normalized spacial score (nSPS) is 10.6. The predicted molar refractivity (Wildman–Crippen MR) is 93.3 cm³/mol. The molecule has 23 heavy (non-hydrogen) atoms. The smallest absolute Gasteiger partial charge is 0.266 e. The van der Waals surface area contributed by atoms with Gasteiger partial charge >= 0.3 is 0 Å². The zero-order valence-corrected chi connectivity index (χ0v) is 13.6. The van der Waals surface area contributed by atoms with E-state index >= 15 is 0 Å². The molecular formula is C17H12ClN3OS. The van der Waals surface area contributed by atoms with Crippen LogP contribution < -0.4 is 5.56 Å². The summed E-state index contributed by atoms with van der Waals surface area (Å²) in [6.07, 6.45) is 0.385. The lowest BCUT2D eigenvalue weighted by Gasteiger charge is -2.13. The van der Waals surface area contributed by atoms with Gasteiger partial charge in [0.2, 0.25) is 0 Å². The van der Waals surface area contributed by atoms with Crippen LogP contribution in [0.1, 0.15) is 6.42 Å². The monoisotopic (exact) mass is 341 g/mol.